The molecule has 3 aromatic rings. The van der Waals surface area contributed by atoms with Crippen LogP contribution in [-0.4, -0.2) is 38.1 Å². The van der Waals surface area contributed by atoms with E-state index in [0.29, 0.717) is 16.6 Å². The standard InChI is InChI=1S/C19H18ClN5O2/c1-11-9-21-19-14(8-16(26)27-3)22-17(12-4-6-13(20)7-5-12)18-15(25(11)19)10-24(2)23-18/h4-7,9-10,14H,8H2,1-3H3. The zero-order valence-corrected chi connectivity index (χ0v) is 15.9. The number of carbonyl (C=O) groups excluding carboxylic acids is 1. The summed E-state index contributed by atoms with van der Waals surface area (Å²) < 4.78 is 8.62. The molecule has 0 N–H and O–H groups in total. The predicted molar refractivity (Wildman–Crippen MR) is 102 cm³/mol. The van der Waals surface area contributed by atoms with Crippen LogP contribution in [0.4, 0.5) is 0 Å². The van der Waals surface area contributed by atoms with Crippen LogP contribution in [0.5, 0.6) is 0 Å². The molecule has 0 amide bonds. The fraction of sp³-hybridized carbons (Fsp3) is 0.263. The third-order valence-electron chi connectivity index (χ3n) is 4.53. The number of hydrogen-bond donors (Lipinski definition) is 0. The molecular formula is C19H18ClN5O2. The molecule has 1 aromatic carbocycles. The van der Waals surface area contributed by atoms with Crippen LogP contribution in [0.2, 0.25) is 5.02 Å². The number of carbonyl (C=O) groups is 1. The summed E-state index contributed by atoms with van der Waals surface area (Å²) in [4.78, 5) is 21.4. The van der Waals surface area contributed by atoms with Crippen molar-refractivity contribution in [1.29, 1.82) is 0 Å². The topological polar surface area (TPSA) is 74.3 Å². The first-order chi connectivity index (χ1) is 13.0. The largest absolute Gasteiger partial charge is 0.469 e. The number of aryl methyl sites for hydroxylation is 2. The molecule has 27 heavy (non-hydrogen) atoms. The van der Waals surface area contributed by atoms with Gasteiger partial charge in [0, 0.05) is 35.7 Å². The molecule has 138 valence electrons. The van der Waals surface area contributed by atoms with E-state index < -0.39 is 6.04 Å². The van der Waals surface area contributed by atoms with Crippen molar-refractivity contribution >= 4 is 23.3 Å². The van der Waals surface area contributed by atoms with Gasteiger partial charge < -0.3 is 4.74 Å². The van der Waals surface area contributed by atoms with E-state index in [0.717, 1.165) is 22.6 Å². The summed E-state index contributed by atoms with van der Waals surface area (Å²) in [5.41, 5.74) is 4.12. The molecule has 4 rings (SSSR count). The van der Waals surface area contributed by atoms with Gasteiger partial charge in [-0.05, 0) is 19.1 Å². The van der Waals surface area contributed by atoms with E-state index in [9.17, 15) is 4.79 Å². The number of aromatic nitrogens is 4. The highest BCUT2D eigenvalue weighted by molar-refractivity contribution is 6.30. The number of esters is 1. The van der Waals surface area contributed by atoms with Gasteiger partial charge in [-0.15, -0.1) is 0 Å². The first-order valence-electron chi connectivity index (χ1n) is 8.47. The molecule has 1 unspecified atom stereocenters. The van der Waals surface area contributed by atoms with Crippen LogP contribution in [0.3, 0.4) is 0 Å². The van der Waals surface area contributed by atoms with Crippen LogP contribution in [-0.2, 0) is 16.6 Å². The molecule has 0 radical (unpaired) electrons. The maximum absolute atomic E-state index is 12.0. The first-order valence-corrected chi connectivity index (χ1v) is 8.85. The van der Waals surface area contributed by atoms with E-state index >= 15 is 0 Å². The zero-order chi connectivity index (χ0) is 19.1. The third kappa shape index (κ3) is 3.04. The summed E-state index contributed by atoms with van der Waals surface area (Å²) in [6, 6.07) is 6.94. The van der Waals surface area contributed by atoms with Crippen molar-refractivity contribution in [2.75, 3.05) is 7.11 Å². The van der Waals surface area contributed by atoms with Crippen LogP contribution in [0.25, 0.3) is 5.69 Å². The molecule has 1 aliphatic rings. The number of rotatable bonds is 3. The summed E-state index contributed by atoms with van der Waals surface area (Å²) in [6.45, 7) is 1.97. The Morgan fingerprint density at radius 2 is 2.04 bits per heavy atom. The summed E-state index contributed by atoms with van der Waals surface area (Å²) in [5, 5.41) is 5.28. The van der Waals surface area contributed by atoms with E-state index in [-0.39, 0.29) is 12.4 Å². The Labute approximate surface area is 161 Å². The number of hydrogen-bond acceptors (Lipinski definition) is 5. The van der Waals surface area contributed by atoms with Crippen molar-refractivity contribution in [2.45, 2.75) is 19.4 Å². The number of ether oxygens (including phenoxy) is 1. The normalized spacial score (nSPS) is 15.6. The minimum Gasteiger partial charge on any atom is -0.469 e. The highest BCUT2D eigenvalue weighted by atomic mass is 35.5. The Kier molecular flexibility index (Phi) is 4.31. The van der Waals surface area contributed by atoms with Gasteiger partial charge >= 0.3 is 5.97 Å². The first kappa shape index (κ1) is 17.5. The van der Waals surface area contributed by atoms with Crippen molar-refractivity contribution in [3.05, 3.63) is 64.5 Å². The lowest BCUT2D eigenvalue weighted by Gasteiger charge is -2.12. The highest BCUT2D eigenvalue weighted by Gasteiger charge is 2.30. The van der Waals surface area contributed by atoms with Gasteiger partial charge in [-0.1, -0.05) is 23.7 Å². The minimum absolute atomic E-state index is 0.0977. The summed E-state index contributed by atoms with van der Waals surface area (Å²) in [5.74, 6) is 0.350. The van der Waals surface area contributed by atoms with Crippen LogP contribution in [0.15, 0.2) is 41.7 Å². The molecule has 2 aromatic heterocycles. The van der Waals surface area contributed by atoms with E-state index in [1.807, 2.05) is 49.0 Å². The lowest BCUT2D eigenvalue weighted by molar-refractivity contribution is -0.141. The molecule has 0 spiro atoms. The Morgan fingerprint density at radius 3 is 2.74 bits per heavy atom. The summed E-state index contributed by atoms with van der Waals surface area (Å²) in [7, 11) is 3.24. The molecule has 0 saturated heterocycles. The van der Waals surface area contributed by atoms with Crippen molar-refractivity contribution in [1.82, 2.24) is 19.3 Å². The van der Waals surface area contributed by atoms with Crippen molar-refractivity contribution < 1.29 is 9.53 Å². The smallest absolute Gasteiger partial charge is 0.308 e. The van der Waals surface area contributed by atoms with E-state index in [2.05, 4.69) is 10.1 Å². The second-order valence-corrected chi connectivity index (χ2v) is 6.85. The number of fused-ring (bicyclic) bond motifs is 3. The lowest BCUT2D eigenvalue weighted by atomic mass is 10.1. The maximum atomic E-state index is 12.0. The molecule has 7 nitrogen and oxygen atoms in total. The molecule has 1 atom stereocenters. The van der Waals surface area contributed by atoms with E-state index in [4.69, 9.17) is 21.3 Å². The van der Waals surface area contributed by atoms with Crippen LogP contribution >= 0.6 is 11.6 Å². The zero-order valence-electron chi connectivity index (χ0n) is 15.2. The molecule has 1 aliphatic heterocycles. The van der Waals surface area contributed by atoms with Crippen molar-refractivity contribution in [3.63, 3.8) is 0 Å². The third-order valence-corrected chi connectivity index (χ3v) is 4.78. The second kappa shape index (κ2) is 6.66. The molecule has 0 aliphatic carbocycles. The molecule has 0 saturated carbocycles. The molecule has 0 bridgehead atoms. The summed E-state index contributed by atoms with van der Waals surface area (Å²) >= 11 is 6.04. The number of nitrogens with zero attached hydrogens (tertiary/aromatic N) is 5. The lowest BCUT2D eigenvalue weighted by Crippen LogP contribution is -2.12. The Hall–Kier alpha value is -2.93. The molecule has 3 heterocycles. The van der Waals surface area contributed by atoms with Crippen molar-refractivity contribution in [2.24, 2.45) is 12.0 Å². The number of halogens is 1. The minimum atomic E-state index is -0.476. The Bertz CT molecular complexity index is 1050. The fourth-order valence-corrected chi connectivity index (χ4v) is 3.41. The van der Waals surface area contributed by atoms with Gasteiger partial charge in [-0.2, -0.15) is 5.10 Å². The number of benzene rings is 1. The Balaban J connectivity index is 1.96. The summed E-state index contributed by atoms with van der Waals surface area (Å²) in [6.07, 6.45) is 3.80. The van der Waals surface area contributed by atoms with Gasteiger partial charge in [-0.3, -0.25) is 19.0 Å². The number of aliphatic imine (C=N–C) groups is 1. The second-order valence-electron chi connectivity index (χ2n) is 6.41. The average Bonchev–Trinajstić information content (AvgIpc) is 3.18. The maximum Gasteiger partial charge on any atom is 0.308 e. The van der Waals surface area contributed by atoms with E-state index in [1.165, 1.54) is 7.11 Å². The fourth-order valence-electron chi connectivity index (χ4n) is 3.28. The number of imidazole rings is 1. The predicted octanol–water partition coefficient (Wildman–Crippen LogP) is 3.02. The van der Waals surface area contributed by atoms with Gasteiger partial charge in [0.15, 0.2) is 0 Å². The van der Waals surface area contributed by atoms with Crippen molar-refractivity contribution in [3.8, 4) is 5.69 Å². The van der Waals surface area contributed by atoms with Crippen LogP contribution < -0.4 is 0 Å². The SMILES string of the molecule is COC(=O)CC1N=C(c2ccc(Cl)cc2)c2nn(C)cc2-n2c(C)cnc21. The number of methoxy groups -OCH3 is 1. The van der Waals surface area contributed by atoms with Gasteiger partial charge in [0.05, 0.1) is 24.9 Å². The van der Waals surface area contributed by atoms with Gasteiger partial charge in [-0.25, -0.2) is 4.98 Å². The molecule has 8 heteroatoms. The molecular weight excluding hydrogens is 366 g/mol. The van der Waals surface area contributed by atoms with Gasteiger partial charge in [0.2, 0.25) is 0 Å². The Morgan fingerprint density at radius 1 is 1.30 bits per heavy atom. The van der Waals surface area contributed by atoms with Gasteiger partial charge in [0.25, 0.3) is 0 Å². The monoisotopic (exact) mass is 383 g/mol. The highest BCUT2D eigenvalue weighted by Crippen LogP contribution is 2.32. The van der Waals surface area contributed by atoms with Crippen LogP contribution in [0.1, 0.15) is 35.2 Å². The quantitative estimate of drug-likeness (QED) is 0.651. The average molecular weight is 384 g/mol. The van der Waals surface area contributed by atoms with Gasteiger partial charge in [0.1, 0.15) is 17.6 Å². The van der Waals surface area contributed by atoms with Crippen LogP contribution in [0, 0.1) is 6.92 Å². The molecule has 0 fully saturated rings. The van der Waals surface area contributed by atoms with E-state index in [1.54, 1.807) is 10.9 Å².